The van der Waals surface area contributed by atoms with Gasteiger partial charge in [0.2, 0.25) is 0 Å². The van der Waals surface area contributed by atoms with E-state index in [2.05, 4.69) is 5.32 Å². The van der Waals surface area contributed by atoms with Gasteiger partial charge in [-0.2, -0.15) is 4.31 Å². The highest BCUT2D eigenvalue weighted by molar-refractivity contribution is 7.91. The topological polar surface area (TPSA) is 49.4 Å². The van der Waals surface area contributed by atoms with Crippen LogP contribution in [0.1, 0.15) is 6.42 Å². The Labute approximate surface area is 111 Å². The van der Waals surface area contributed by atoms with E-state index in [0.29, 0.717) is 27.6 Å². The summed E-state index contributed by atoms with van der Waals surface area (Å²) in [5, 5.41) is 3.09. The van der Waals surface area contributed by atoms with Gasteiger partial charge in [-0.3, -0.25) is 0 Å². The summed E-state index contributed by atoms with van der Waals surface area (Å²) in [7, 11) is -1.44. The fourth-order valence-corrected chi connectivity index (χ4v) is 5.20. The predicted octanol–water partition coefficient (Wildman–Crippen LogP) is 1.63. The molecule has 0 radical (unpaired) electrons. The van der Waals surface area contributed by atoms with Crippen LogP contribution in [0.5, 0.6) is 0 Å². The number of nitrogens with one attached hydrogen (secondary N) is 1. The third kappa shape index (κ3) is 2.82. The summed E-state index contributed by atoms with van der Waals surface area (Å²) in [6, 6.07) is 3.20. The average Bonchev–Trinajstić information content (AvgIpc) is 2.88. The van der Waals surface area contributed by atoms with Crippen molar-refractivity contribution < 1.29 is 8.42 Å². The molecule has 0 aromatic carbocycles. The monoisotopic (exact) mass is 294 g/mol. The highest BCUT2D eigenvalue weighted by Gasteiger charge is 2.32. The van der Waals surface area contributed by atoms with E-state index in [0.717, 1.165) is 24.3 Å². The van der Waals surface area contributed by atoms with Gasteiger partial charge in [-0.1, -0.05) is 11.6 Å². The summed E-state index contributed by atoms with van der Waals surface area (Å²) in [6.07, 6.45) is 0.916. The van der Waals surface area contributed by atoms with Gasteiger partial charge < -0.3 is 5.32 Å². The predicted molar refractivity (Wildman–Crippen MR) is 70.1 cm³/mol. The van der Waals surface area contributed by atoms with Crippen LogP contribution in [-0.2, 0) is 10.0 Å². The minimum absolute atomic E-state index is 0.340. The lowest BCUT2D eigenvalue weighted by atomic mass is 10.1. The van der Waals surface area contributed by atoms with Crippen LogP contribution in [0, 0.1) is 5.92 Å². The van der Waals surface area contributed by atoms with E-state index in [1.807, 2.05) is 7.05 Å². The fourth-order valence-electron chi connectivity index (χ4n) is 2.03. The molecule has 0 spiro atoms. The lowest BCUT2D eigenvalue weighted by molar-refractivity contribution is 0.452. The molecule has 0 amide bonds. The second kappa shape index (κ2) is 5.24. The molecule has 1 saturated heterocycles. The molecule has 4 nitrogen and oxygen atoms in total. The summed E-state index contributed by atoms with van der Waals surface area (Å²) < 4.78 is 26.9. The second-order valence-electron chi connectivity index (χ2n) is 4.13. The summed E-state index contributed by atoms with van der Waals surface area (Å²) in [6.45, 7) is 2.06. The van der Waals surface area contributed by atoms with Crippen molar-refractivity contribution in [3.63, 3.8) is 0 Å². The first-order valence-electron chi connectivity index (χ1n) is 5.44. The molecule has 1 unspecified atom stereocenters. The van der Waals surface area contributed by atoms with Gasteiger partial charge in [0.15, 0.2) is 0 Å². The number of thiophene rings is 1. The summed E-state index contributed by atoms with van der Waals surface area (Å²) in [5.74, 6) is 0.408. The molecule has 1 fully saturated rings. The molecular formula is C10H15ClN2O2S2. The smallest absolute Gasteiger partial charge is 0.252 e. The Hall–Kier alpha value is -0.140. The second-order valence-corrected chi connectivity index (χ2v) is 8.01. The largest absolute Gasteiger partial charge is 0.319 e. The Morgan fingerprint density at radius 2 is 2.35 bits per heavy atom. The maximum Gasteiger partial charge on any atom is 0.252 e. The molecule has 0 bridgehead atoms. The van der Waals surface area contributed by atoms with E-state index >= 15 is 0 Å². The SMILES string of the molecule is CNCC1CCN(S(=O)(=O)c2ccc(Cl)s2)C1. The van der Waals surface area contributed by atoms with Crippen LogP contribution in [0.25, 0.3) is 0 Å². The molecule has 1 aromatic heterocycles. The minimum Gasteiger partial charge on any atom is -0.319 e. The van der Waals surface area contributed by atoms with Crippen molar-refractivity contribution in [1.29, 1.82) is 0 Å². The number of hydrogen-bond acceptors (Lipinski definition) is 4. The summed E-state index contributed by atoms with van der Waals surface area (Å²) in [4.78, 5) is 0. The molecule has 1 aliphatic heterocycles. The Morgan fingerprint density at radius 3 is 2.94 bits per heavy atom. The van der Waals surface area contributed by atoms with Crippen molar-refractivity contribution in [2.24, 2.45) is 5.92 Å². The van der Waals surface area contributed by atoms with E-state index in [9.17, 15) is 8.42 Å². The van der Waals surface area contributed by atoms with E-state index in [1.165, 1.54) is 0 Å². The lowest BCUT2D eigenvalue weighted by Gasteiger charge is -2.15. The number of hydrogen-bond donors (Lipinski definition) is 1. The number of halogens is 1. The van der Waals surface area contributed by atoms with Crippen molar-refractivity contribution in [1.82, 2.24) is 9.62 Å². The van der Waals surface area contributed by atoms with Crippen LogP contribution in [0.3, 0.4) is 0 Å². The zero-order chi connectivity index (χ0) is 12.5. The molecule has 7 heteroatoms. The fraction of sp³-hybridized carbons (Fsp3) is 0.600. The van der Waals surface area contributed by atoms with Crippen molar-refractivity contribution in [3.8, 4) is 0 Å². The summed E-state index contributed by atoms with van der Waals surface area (Å²) >= 11 is 6.89. The average molecular weight is 295 g/mol. The Bertz CT molecular complexity index is 486. The van der Waals surface area contributed by atoms with Gasteiger partial charge in [-0.15, -0.1) is 11.3 Å². The zero-order valence-corrected chi connectivity index (χ0v) is 11.9. The van der Waals surface area contributed by atoms with E-state index in [-0.39, 0.29) is 0 Å². The quantitative estimate of drug-likeness (QED) is 0.918. The van der Waals surface area contributed by atoms with Gasteiger partial charge in [0, 0.05) is 13.1 Å². The maximum atomic E-state index is 12.3. The summed E-state index contributed by atoms with van der Waals surface area (Å²) in [5.41, 5.74) is 0. The van der Waals surface area contributed by atoms with E-state index in [4.69, 9.17) is 11.6 Å². The minimum atomic E-state index is -3.33. The van der Waals surface area contributed by atoms with Crippen molar-refractivity contribution >= 4 is 33.0 Å². The molecule has 0 aliphatic carbocycles. The van der Waals surface area contributed by atoms with Gasteiger partial charge in [0.1, 0.15) is 4.21 Å². The Morgan fingerprint density at radius 1 is 1.59 bits per heavy atom. The van der Waals surface area contributed by atoms with Crippen LogP contribution in [-0.4, -0.2) is 39.4 Å². The van der Waals surface area contributed by atoms with Gasteiger partial charge in [0.05, 0.1) is 4.34 Å². The molecule has 17 heavy (non-hydrogen) atoms. The molecule has 1 aromatic rings. The van der Waals surface area contributed by atoms with Gasteiger partial charge in [0.25, 0.3) is 10.0 Å². The molecular weight excluding hydrogens is 280 g/mol. The lowest BCUT2D eigenvalue weighted by Crippen LogP contribution is -2.29. The first kappa shape index (κ1) is 13.3. The number of sulfonamides is 1. The van der Waals surface area contributed by atoms with Crippen molar-refractivity contribution in [2.45, 2.75) is 10.6 Å². The normalized spacial score (nSPS) is 22.1. The zero-order valence-electron chi connectivity index (χ0n) is 9.52. The third-order valence-corrected chi connectivity index (χ3v) is 6.45. The first-order chi connectivity index (χ1) is 8.04. The highest BCUT2D eigenvalue weighted by Crippen LogP contribution is 2.30. The van der Waals surface area contributed by atoms with E-state index in [1.54, 1.807) is 16.4 Å². The van der Waals surface area contributed by atoms with Crippen molar-refractivity contribution in [2.75, 3.05) is 26.7 Å². The third-order valence-electron chi connectivity index (χ3n) is 2.88. The molecule has 1 atom stereocenters. The van der Waals surface area contributed by atoms with Crippen LogP contribution in [0.15, 0.2) is 16.3 Å². The molecule has 96 valence electrons. The molecule has 1 N–H and O–H groups in total. The molecule has 1 aliphatic rings. The highest BCUT2D eigenvalue weighted by atomic mass is 35.5. The van der Waals surface area contributed by atoms with Crippen LogP contribution in [0.4, 0.5) is 0 Å². The Kier molecular flexibility index (Phi) is 4.10. The first-order valence-corrected chi connectivity index (χ1v) is 8.07. The van der Waals surface area contributed by atoms with Crippen molar-refractivity contribution in [3.05, 3.63) is 16.5 Å². The molecule has 2 rings (SSSR count). The molecule has 2 heterocycles. The maximum absolute atomic E-state index is 12.3. The van der Waals surface area contributed by atoms with Crippen LogP contribution >= 0.6 is 22.9 Å². The standard InChI is InChI=1S/C10H15ClN2O2S2/c1-12-6-8-4-5-13(7-8)17(14,15)10-3-2-9(11)16-10/h2-3,8,12H,4-7H2,1H3. The number of nitrogens with zero attached hydrogens (tertiary/aromatic N) is 1. The van der Waals surface area contributed by atoms with Crippen LogP contribution in [0.2, 0.25) is 4.34 Å². The van der Waals surface area contributed by atoms with Gasteiger partial charge >= 0.3 is 0 Å². The molecule has 0 saturated carbocycles. The van der Waals surface area contributed by atoms with Crippen LogP contribution < -0.4 is 5.32 Å². The van der Waals surface area contributed by atoms with Gasteiger partial charge in [-0.25, -0.2) is 8.42 Å². The van der Waals surface area contributed by atoms with E-state index < -0.39 is 10.0 Å². The Balaban J connectivity index is 2.13. The van der Waals surface area contributed by atoms with Gasteiger partial charge in [-0.05, 0) is 38.1 Å². The number of rotatable bonds is 4.